The molecule has 20 heteroatoms. The van der Waals surface area contributed by atoms with Gasteiger partial charge in [0.2, 0.25) is 0 Å². The van der Waals surface area contributed by atoms with Crippen LogP contribution in [0.4, 0.5) is 23.0 Å². The lowest BCUT2D eigenvalue weighted by Gasteiger charge is -2.04. The molecule has 0 aliphatic rings. The average Bonchev–Trinajstić information content (AvgIpc) is 4.07. The number of nitrogens with one attached hydrogen (secondary N) is 2. The molecule has 8 aromatic heterocycles. The van der Waals surface area contributed by atoms with Crippen molar-refractivity contribution in [3.05, 3.63) is 108 Å². The minimum absolute atomic E-state index is 0.208. The molecule has 2 N–H and O–H groups in total. The lowest BCUT2D eigenvalue weighted by Crippen LogP contribution is -1.97. The van der Waals surface area contributed by atoms with Gasteiger partial charge in [-0.05, 0) is 38.1 Å². The van der Waals surface area contributed by atoms with Crippen LogP contribution in [0.15, 0.2) is 106 Å². The number of pyridine rings is 2. The van der Waals surface area contributed by atoms with E-state index in [-0.39, 0.29) is 22.8 Å². The molecule has 9 rings (SSSR count). The number of aromatic nitrogens is 14. The average molecular weight is 711 g/mol. The van der Waals surface area contributed by atoms with Crippen LogP contribution in [-0.4, -0.2) is 69.2 Å². The van der Waals surface area contributed by atoms with E-state index in [1.807, 2.05) is 50.2 Å². The Balaban J connectivity index is 1.11. The number of hydrogen-bond donors (Lipinski definition) is 2. The van der Waals surface area contributed by atoms with E-state index in [9.17, 15) is 10.5 Å². The van der Waals surface area contributed by atoms with Gasteiger partial charge in [0, 0.05) is 23.5 Å². The second-order valence-electron chi connectivity index (χ2n) is 11.6. The SMILES string of the molecule is Cc1n[nH]c2c(N=Nc3c(C#N)cnn3-c3ccccn3)c(-c3ccc(-c4nn5c(C)n[nH]c5c4N=Nc4c(C#N)cnn4-c4ccccn4)cc3)nn12. The molecule has 258 valence electrons. The van der Waals surface area contributed by atoms with E-state index < -0.39 is 0 Å². The number of H-pyrrole nitrogens is 2. The van der Waals surface area contributed by atoms with Crippen LogP contribution in [0.5, 0.6) is 0 Å². The highest BCUT2D eigenvalue weighted by molar-refractivity contribution is 5.86. The van der Waals surface area contributed by atoms with Crippen LogP contribution in [0.1, 0.15) is 22.8 Å². The molecule has 0 fully saturated rings. The summed E-state index contributed by atoms with van der Waals surface area (Å²) in [5.41, 5.74) is 4.69. The van der Waals surface area contributed by atoms with Crippen molar-refractivity contribution >= 4 is 34.3 Å². The molecule has 0 spiro atoms. The van der Waals surface area contributed by atoms with Crippen molar-refractivity contribution in [1.82, 2.24) is 69.2 Å². The lowest BCUT2D eigenvalue weighted by molar-refractivity contribution is 0.839. The van der Waals surface area contributed by atoms with E-state index in [0.717, 1.165) is 0 Å². The molecule has 1 aromatic carbocycles. The third-order valence-electron chi connectivity index (χ3n) is 8.36. The van der Waals surface area contributed by atoms with Crippen LogP contribution in [-0.2, 0) is 0 Å². The van der Waals surface area contributed by atoms with Crippen LogP contribution in [0.2, 0.25) is 0 Å². The van der Waals surface area contributed by atoms with Gasteiger partial charge in [-0.25, -0.2) is 9.97 Å². The Bertz CT molecular complexity index is 2770. The Hall–Kier alpha value is -8.52. The molecule has 0 radical (unpaired) electrons. The predicted octanol–water partition coefficient (Wildman–Crippen LogP) is 6.11. The number of azo groups is 2. The van der Waals surface area contributed by atoms with E-state index in [1.54, 1.807) is 45.7 Å². The van der Waals surface area contributed by atoms with Crippen molar-refractivity contribution in [2.24, 2.45) is 20.5 Å². The number of nitriles is 2. The maximum Gasteiger partial charge on any atom is 0.197 e. The number of aryl methyl sites for hydroxylation is 2. The molecule has 0 unspecified atom stereocenters. The first-order valence-electron chi connectivity index (χ1n) is 16.1. The highest BCUT2D eigenvalue weighted by atomic mass is 15.4. The van der Waals surface area contributed by atoms with Crippen molar-refractivity contribution in [2.75, 3.05) is 0 Å². The Morgan fingerprint density at radius 3 is 1.43 bits per heavy atom. The second-order valence-corrected chi connectivity index (χ2v) is 11.6. The zero-order valence-corrected chi connectivity index (χ0v) is 28.1. The van der Waals surface area contributed by atoms with Gasteiger partial charge in [0.15, 0.2) is 45.9 Å². The summed E-state index contributed by atoms with van der Waals surface area (Å²) in [7, 11) is 0. The van der Waals surface area contributed by atoms with Gasteiger partial charge in [0.05, 0.1) is 12.4 Å². The molecule has 0 saturated carbocycles. The molecule has 8 heterocycles. The van der Waals surface area contributed by atoms with E-state index in [4.69, 9.17) is 10.2 Å². The number of benzene rings is 1. The quantitative estimate of drug-likeness (QED) is 0.171. The molecule has 0 aliphatic heterocycles. The fraction of sp³-hybridized carbons (Fsp3) is 0.0588. The summed E-state index contributed by atoms with van der Waals surface area (Å²) in [6, 6.07) is 22.4. The summed E-state index contributed by atoms with van der Waals surface area (Å²) >= 11 is 0. The predicted molar refractivity (Wildman–Crippen MR) is 189 cm³/mol. The zero-order valence-electron chi connectivity index (χ0n) is 28.1. The fourth-order valence-corrected chi connectivity index (χ4v) is 5.74. The van der Waals surface area contributed by atoms with Gasteiger partial charge < -0.3 is 0 Å². The summed E-state index contributed by atoms with van der Waals surface area (Å²) in [4.78, 5) is 8.67. The fourth-order valence-electron chi connectivity index (χ4n) is 5.74. The highest BCUT2D eigenvalue weighted by Gasteiger charge is 2.22. The van der Waals surface area contributed by atoms with Crippen LogP contribution in [0.3, 0.4) is 0 Å². The van der Waals surface area contributed by atoms with Crippen molar-refractivity contribution in [1.29, 1.82) is 10.5 Å². The van der Waals surface area contributed by atoms with Crippen LogP contribution >= 0.6 is 0 Å². The monoisotopic (exact) mass is 710 g/mol. The molecule has 0 saturated heterocycles. The van der Waals surface area contributed by atoms with Crippen molar-refractivity contribution in [3.8, 4) is 46.3 Å². The number of aromatic amines is 2. The first kappa shape index (κ1) is 31.5. The van der Waals surface area contributed by atoms with E-state index in [2.05, 4.69) is 73.2 Å². The summed E-state index contributed by atoms with van der Waals surface area (Å²) < 4.78 is 6.16. The Morgan fingerprint density at radius 1 is 0.593 bits per heavy atom. The molecule has 9 aromatic rings. The lowest BCUT2D eigenvalue weighted by atomic mass is 10.1. The van der Waals surface area contributed by atoms with Gasteiger partial charge in [-0.1, -0.05) is 36.4 Å². The maximum absolute atomic E-state index is 9.79. The standard InChI is InChI=1S/C34H22N20/c1-19-41-47-33-29(43-45-31-23(15-35)17-39-53(31)25-7-3-5-13-37-25)27(49-51(19)33)21-9-11-22(12-10-21)28-30(34-48-42-20(2)52(34)50-28)44-46-32-24(16-36)18-40-54(32)26-8-4-6-14-38-26/h3-14,17-18,47-48H,1-2H3. The normalized spacial score (nSPS) is 11.7. The number of rotatable bonds is 8. The first-order chi connectivity index (χ1) is 26.5. The first-order valence-corrected chi connectivity index (χ1v) is 16.1. The van der Waals surface area contributed by atoms with Crippen molar-refractivity contribution in [3.63, 3.8) is 0 Å². The van der Waals surface area contributed by atoms with Gasteiger partial charge in [-0.2, -0.15) is 59.5 Å². The Labute approximate surface area is 302 Å². The minimum atomic E-state index is 0.208. The number of fused-ring (bicyclic) bond motifs is 2. The highest BCUT2D eigenvalue weighted by Crippen LogP contribution is 2.39. The minimum Gasteiger partial charge on any atom is -0.258 e. The van der Waals surface area contributed by atoms with Crippen LogP contribution in [0.25, 0.3) is 45.4 Å². The van der Waals surface area contributed by atoms with E-state index in [0.29, 0.717) is 68.5 Å². The summed E-state index contributed by atoms with van der Waals surface area (Å²) in [6.07, 6.45) is 6.07. The molecule has 0 aliphatic carbocycles. The third kappa shape index (κ3) is 5.15. The van der Waals surface area contributed by atoms with E-state index in [1.165, 1.54) is 21.8 Å². The van der Waals surface area contributed by atoms with Gasteiger partial charge in [0.25, 0.3) is 0 Å². The van der Waals surface area contributed by atoms with E-state index >= 15 is 0 Å². The molecule has 0 atom stereocenters. The Morgan fingerprint density at radius 2 is 1.04 bits per heavy atom. The molecule has 20 nitrogen and oxygen atoms in total. The van der Waals surface area contributed by atoms with Crippen LogP contribution in [0, 0.1) is 36.5 Å². The van der Waals surface area contributed by atoms with Crippen molar-refractivity contribution in [2.45, 2.75) is 13.8 Å². The van der Waals surface area contributed by atoms with Gasteiger partial charge in [-0.15, -0.1) is 20.5 Å². The van der Waals surface area contributed by atoms with Crippen LogP contribution < -0.4 is 0 Å². The third-order valence-corrected chi connectivity index (χ3v) is 8.36. The zero-order chi connectivity index (χ0) is 36.8. The second kappa shape index (κ2) is 12.7. The molecular formula is C34H22N20. The largest absolute Gasteiger partial charge is 0.258 e. The maximum atomic E-state index is 9.79. The summed E-state index contributed by atoms with van der Waals surface area (Å²) in [5.74, 6) is 2.59. The molecule has 0 amide bonds. The van der Waals surface area contributed by atoms with Gasteiger partial charge in [-0.3, -0.25) is 10.2 Å². The van der Waals surface area contributed by atoms with Gasteiger partial charge in [0.1, 0.15) is 46.3 Å². The molecular weight excluding hydrogens is 689 g/mol. The summed E-state index contributed by atoms with van der Waals surface area (Å²) in [6.45, 7) is 3.62. The number of nitrogens with zero attached hydrogens (tertiary/aromatic N) is 18. The molecule has 0 bridgehead atoms. The Kier molecular flexibility index (Phi) is 7.38. The topological polar surface area (TPSA) is 250 Å². The summed E-state index contributed by atoms with van der Waals surface area (Å²) in [5, 5.41) is 70.4. The smallest absolute Gasteiger partial charge is 0.197 e. The number of hydrogen-bond acceptors (Lipinski definition) is 14. The molecule has 54 heavy (non-hydrogen) atoms. The van der Waals surface area contributed by atoms with Crippen molar-refractivity contribution < 1.29 is 0 Å². The van der Waals surface area contributed by atoms with Gasteiger partial charge >= 0.3 is 0 Å².